The second-order valence-corrected chi connectivity index (χ2v) is 6.34. The predicted molar refractivity (Wildman–Crippen MR) is 86.5 cm³/mol. The minimum absolute atomic E-state index is 0.267. The molecular formula is C14H21Cl2NOS. The minimum Gasteiger partial charge on any atom is -0.396 e. The van der Waals surface area contributed by atoms with Crippen LogP contribution < -0.4 is 5.32 Å². The molecule has 1 aromatic rings. The van der Waals surface area contributed by atoms with Gasteiger partial charge in [0, 0.05) is 35.0 Å². The summed E-state index contributed by atoms with van der Waals surface area (Å²) in [4.78, 5) is 0. The zero-order valence-electron chi connectivity index (χ0n) is 11.2. The van der Waals surface area contributed by atoms with Gasteiger partial charge in [0.25, 0.3) is 0 Å². The summed E-state index contributed by atoms with van der Waals surface area (Å²) < 4.78 is 0. The Kier molecular flexibility index (Phi) is 8.92. The fraction of sp³-hybridized carbons (Fsp3) is 0.571. The maximum absolute atomic E-state index is 8.70. The third-order valence-corrected chi connectivity index (χ3v) is 4.46. The zero-order valence-corrected chi connectivity index (χ0v) is 13.5. The second kappa shape index (κ2) is 9.89. The normalized spacial score (nSPS) is 12.6. The van der Waals surface area contributed by atoms with Gasteiger partial charge in [-0.05, 0) is 36.3 Å². The first kappa shape index (κ1) is 17.1. The maximum atomic E-state index is 8.70. The average molecular weight is 322 g/mol. The first-order valence-electron chi connectivity index (χ1n) is 6.56. The van der Waals surface area contributed by atoms with Crippen LogP contribution in [0.25, 0.3) is 0 Å². The Morgan fingerprint density at radius 2 is 2.11 bits per heavy atom. The molecule has 1 atom stereocenters. The first-order chi connectivity index (χ1) is 9.19. The number of aliphatic hydroxyl groups is 1. The highest BCUT2D eigenvalue weighted by Crippen LogP contribution is 2.27. The lowest BCUT2D eigenvalue weighted by Gasteiger charge is -2.18. The first-order valence-corrected chi connectivity index (χ1v) is 8.47. The summed E-state index contributed by atoms with van der Waals surface area (Å²) in [5, 5.41) is 13.6. The number of aliphatic hydroxyl groups excluding tert-OH is 1. The summed E-state index contributed by atoms with van der Waals surface area (Å²) in [5.41, 5.74) is 1.11. The van der Waals surface area contributed by atoms with Crippen molar-refractivity contribution >= 4 is 35.0 Å². The van der Waals surface area contributed by atoms with Gasteiger partial charge in [-0.3, -0.25) is 0 Å². The van der Waals surface area contributed by atoms with Gasteiger partial charge < -0.3 is 10.4 Å². The third kappa shape index (κ3) is 6.37. The molecule has 0 aliphatic heterocycles. The van der Waals surface area contributed by atoms with Gasteiger partial charge in [-0.25, -0.2) is 0 Å². The number of rotatable bonds is 9. The molecule has 1 aromatic carbocycles. The number of thioether (sulfide) groups is 1. The van der Waals surface area contributed by atoms with Gasteiger partial charge in [0.2, 0.25) is 0 Å². The quantitative estimate of drug-likeness (QED) is 0.670. The van der Waals surface area contributed by atoms with E-state index in [0.29, 0.717) is 5.02 Å². The lowest BCUT2D eigenvalue weighted by atomic mass is 10.0. The van der Waals surface area contributed by atoms with Crippen molar-refractivity contribution in [2.75, 3.05) is 24.7 Å². The highest BCUT2D eigenvalue weighted by molar-refractivity contribution is 7.99. The molecule has 0 aliphatic carbocycles. The SMILES string of the molecule is CCC(NCCSCCCO)c1ccc(Cl)cc1Cl. The zero-order chi connectivity index (χ0) is 14.1. The van der Waals surface area contributed by atoms with E-state index in [-0.39, 0.29) is 12.6 Å². The Bertz CT molecular complexity index is 376. The van der Waals surface area contributed by atoms with E-state index in [1.165, 1.54) is 0 Å². The molecular weight excluding hydrogens is 301 g/mol. The van der Waals surface area contributed by atoms with Crippen molar-refractivity contribution in [2.24, 2.45) is 0 Å². The molecule has 2 nitrogen and oxygen atoms in total. The summed E-state index contributed by atoms with van der Waals surface area (Å²) in [7, 11) is 0. The number of nitrogens with one attached hydrogen (secondary N) is 1. The van der Waals surface area contributed by atoms with E-state index >= 15 is 0 Å². The van der Waals surface area contributed by atoms with Crippen LogP contribution in [0.5, 0.6) is 0 Å². The largest absolute Gasteiger partial charge is 0.396 e. The van der Waals surface area contributed by atoms with Crippen LogP contribution in [-0.2, 0) is 0 Å². The van der Waals surface area contributed by atoms with Gasteiger partial charge in [-0.1, -0.05) is 36.2 Å². The average Bonchev–Trinajstić information content (AvgIpc) is 2.39. The Hall–Kier alpha value is 0.0700. The fourth-order valence-corrected chi connectivity index (χ4v) is 3.17. The van der Waals surface area contributed by atoms with Crippen LogP contribution in [0, 0.1) is 0 Å². The summed E-state index contributed by atoms with van der Waals surface area (Å²) >= 11 is 14.0. The molecule has 1 unspecified atom stereocenters. The summed E-state index contributed by atoms with van der Waals surface area (Å²) in [6.45, 7) is 3.35. The number of hydrogen-bond donors (Lipinski definition) is 2. The van der Waals surface area contributed by atoms with Crippen LogP contribution in [0.1, 0.15) is 31.4 Å². The number of halogens is 2. The highest BCUT2D eigenvalue weighted by atomic mass is 35.5. The van der Waals surface area contributed by atoms with Crippen LogP contribution in [0.3, 0.4) is 0 Å². The number of benzene rings is 1. The summed E-state index contributed by atoms with van der Waals surface area (Å²) in [6.07, 6.45) is 1.85. The lowest BCUT2D eigenvalue weighted by molar-refractivity contribution is 0.296. The Morgan fingerprint density at radius 1 is 1.32 bits per heavy atom. The van der Waals surface area contributed by atoms with E-state index in [1.54, 1.807) is 6.07 Å². The van der Waals surface area contributed by atoms with E-state index in [2.05, 4.69) is 12.2 Å². The second-order valence-electron chi connectivity index (χ2n) is 4.27. The molecule has 0 bridgehead atoms. The van der Waals surface area contributed by atoms with Crippen molar-refractivity contribution in [3.63, 3.8) is 0 Å². The predicted octanol–water partition coefficient (Wildman–Crippen LogP) is 4.15. The molecule has 0 aromatic heterocycles. The van der Waals surface area contributed by atoms with Crippen LogP contribution in [0.15, 0.2) is 18.2 Å². The Balaban J connectivity index is 2.40. The van der Waals surface area contributed by atoms with Crippen molar-refractivity contribution in [1.82, 2.24) is 5.32 Å². The number of hydrogen-bond acceptors (Lipinski definition) is 3. The van der Waals surface area contributed by atoms with Gasteiger partial charge in [0.15, 0.2) is 0 Å². The lowest BCUT2D eigenvalue weighted by Crippen LogP contribution is -2.23. The molecule has 19 heavy (non-hydrogen) atoms. The molecule has 5 heteroatoms. The van der Waals surface area contributed by atoms with E-state index in [0.717, 1.165) is 41.5 Å². The smallest absolute Gasteiger partial charge is 0.0468 e. The summed E-state index contributed by atoms with van der Waals surface area (Å²) in [6, 6.07) is 5.93. The molecule has 1 rings (SSSR count). The van der Waals surface area contributed by atoms with Crippen LogP contribution in [-0.4, -0.2) is 29.8 Å². The van der Waals surface area contributed by atoms with Gasteiger partial charge >= 0.3 is 0 Å². The molecule has 0 radical (unpaired) electrons. The molecule has 2 N–H and O–H groups in total. The van der Waals surface area contributed by atoms with Crippen molar-refractivity contribution in [3.05, 3.63) is 33.8 Å². The molecule has 0 aliphatic rings. The van der Waals surface area contributed by atoms with Crippen LogP contribution in [0.4, 0.5) is 0 Å². The summed E-state index contributed by atoms with van der Waals surface area (Å²) in [5.74, 6) is 2.05. The van der Waals surface area contributed by atoms with Crippen LogP contribution >= 0.6 is 35.0 Å². The van der Waals surface area contributed by atoms with Gasteiger partial charge in [-0.15, -0.1) is 0 Å². The topological polar surface area (TPSA) is 32.3 Å². The monoisotopic (exact) mass is 321 g/mol. The van der Waals surface area contributed by atoms with Gasteiger partial charge in [0.1, 0.15) is 0 Å². The Labute approximate surface area is 129 Å². The van der Waals surface area contributed by atoms with Gasteiger partial charge in [0.05, 0.1) is 0 Å². The van der Waals surface area contributed by atoms with Crippen molar-refractivity contribution in [3.8, 4) is 0 Å². The molecule has 0 spiro atoms. The molecule has 0 amide bonds. The third-order valence-electron chi connectivity index (χ3n) is 2.83. The maximum Gasteiger partial charge on any atom is 0.0468 e. The molecule has 0 fully saturated rings. The molecule has 0 saturated carbocycles. The van der Waals surface area contributed by atoms with Crippen molar-refractivity contribution in [1.29, 1.82) is 0 Å². The molecule has 108 valence electrons. The molecule has 0 saturated heterocycles. The van der Waals surface area contributed by atoms with Crippen molar-refractivity contribution < 1.29 is 5.11 Å². The standard InChI is InChI=1S/C14H21Cl2NOS/c1-2-14(17-6-9-19-8-3-7-18)12-5-4-11(15)10-13(12)16/h4-5,10,14,17-18H,2-3,6-9H2,1H3. The molecule has 0 heterocycles. The Morgan fingerprint density at radius 3 is 2.74 bits per heavy atom. The van der Waals surface area contributed by atoms with Gasteiger partial charge in [-0.2, -0.15) is 11.8 Å². The van der Waals surface area contributed by atoms with E-state index < -0.39 is 0 Å². The van der Waals surface area contributed by atoms with E-state index in [4.69, 9.17) is 28.3 Å². The fourth-order valence-electron chi connectivity index (χ4n) is 1.83. The highest BCUT2D eigenvalue weighted by Gasteiger charge is 2.12. The van der Waals surface area contributed by atoms with Crippen molar-refractivity contribution in [2.45, 2.75) is 25.8 Å². The van der Waals surface area contributed by atoms with E-state index in [1.807, 2.05) is 23.9 Å². The van der Waals surface area contributed by atoms with E-state index in [9.17, 15) is 0 Å². The van der Waals surface area contributed by atoms with Crippen LogP contribution in [0.2, 0.25) is 10.0 Å². The minimum atomic E-state index is 0.267.